The number of hydrogen-bond acceptors (Lipinski definition) is 4. The van der Waals surface area contributed by atoms with Gasteiger partial charge in [0, 0.05) is 31.0 Å². The van der Waals surface area contributed by atoms with Gasteiger partial charge in [0.25, 0.3) is 0 Å². The molecule has 1 fully saturated rings. The van der Waals surface area contributed by atoms with Crippen LogP contribution in [-0.4, -0.2) is 28.0 Å². The minimum absolute atomic E-state index is 0.118. The molecule has 6 rings (SSSR count). The van der Waals surface area contributed by atoms with Gasteiger partial charge in [-0.3, -0.25) is 4.98 Å². The Morgan fingerprint density at radius 2 is 1.86 bits per heavy atom. The lowest BCUT2D eigenvalue weighted by molar-refractivity contribution is -0.0552. The van der Waals surface area contributed by atoms with E-state index < -0.39 is 0 Å². The van der Waals surface area contributed by atoms with Crippen molar-refractivity contribution in [3.05, 3.63) is 78.1 Å². The van der Waals surface area contributed by atoms with E-state index in [4.69, 9.17) is 9.72 Å². The van der Waals surface area contributed by atoms with Crippen molar-refractivity contribution >= 4 is 17.0 Å². The van der Waals surface area contributed by atoms with E-state index in [1.807, 2.05) is 12.3 Å². The quantitative estimate of drug-likeness (QED) is 0.548. The van der Waals surface area contributed by atoms with Crippen LogP contribution in [0.25, 0.3) is 22.2 Å². The molecule has 144 valence electrons. The fraction of sp³-hybridized carbons (Fsp3) is 0.250. The molecule has 1 saturated heterocycles. The first-order valence-electron chi connectivity index (χ1n) is 10.2. The molecule has 1 N–H and O–H groups in total. The van der Waals surface area contributed by atoms with Crippen LogP contribution < -0.4 is 4.90 Å². The molecule has 1 spiro atoms. The molecule has 2 aliphatic rings. The molecule has 4 aromatic rings. The molecule has 2 aliphatic heterocycles. The standard InChI is InChI=1S/C24H22N4O/c1-2-6-20-19(4-1)16-29-24(20)9-12-28(13-10-24)23-26-21-8-7-17(14-22(21)27-23)18-5-3-11-25-15-18/h1-8,11,14-15H,9-10,12-13,16H2,(H,26,27). The van der Waals surface area contributed by atoms with E-state index in [-0.39, 0.29) is 5.60 Å². The number of pyridine rings is 1. The van der Waals surface area contributed by atoms with Crippen molar-refractivity contribution in [1.29, 1.82) is 0 Å². The second-order valence-electron chi connectivity index (χ2n) is 7.96. The van der Waals surface area contributed by atoms with Crippen molar-refractivity contribution in [1.82, 2.24) is 15.0 Å². The molecule has 29 heavy (non-hydrogen) atoms. The van der Waals surface area contributed by atoms with E-state index in [0.29, 0.717) is 0 Å². The number of aromatic amines is 1. The summed E-state index contributed by atoms with van der Waals surface area (Å²) < 4.78 is 6.30. The Morgan fingerprint density at radius 1 is 0.966 bits per heavy atom. The Kier molecular flexibility index (Phi) is 3.71. The number of nitrogens with zero attached hydrogens (tertiary/aromatic N) is 3. The van der Waals surface area contributed by atoms with Crippen LogP contribution in [0.3, 0.4) is 0 Å². The fourth-order valence-electron chi connectivity index (χ4n) is 4.74. The minimum Gasteiger partial charge on any atom is -0.365 e. The molecular formula is C24H22N4O. The minimum atomic E-state index is -0.118. The average Bonchev–Trinajstić information content (AvgIpc) is 3.37. The molecule has 4 heterocycles. The Labute approximate surface area is 169 Å². The highest BCUT2D eigenvalue weighted by molar-refractivity contribution is 5.83. The number of imidazole rings is 1. The first kappa shape index (κ1) is 16.7. The average molecular weight is 382 g/mol. The maximum atomic E-state index is 6.30. The summed E-state index contributed by atoms with van der Waals surface area (Å²) in [6.45, 7) is 2.60. The van der Waals surface area contributed by atoms with Crippen LogP contribution >= 0.6 is 0 Å². The molecule has 0 saturated carbocycles. The van der Waals surface area contributed by atoms with Gasteiger partial charge in [0.15, 0.2) is 0 Å². The van der Waals surface area contributed by atoms with Gasteiger partial charge in [-0.2, -0.15) is 0 Å². The van der Waals surface area contributed by atoms with Crippen LogP contribution in [0.1, 0.15) is 24.0 Å². The van der Waals surface area contributed by atoms with Crippen molar-refractivity contribution in [3.8, 4) is 11.1 Å². The largest absolute Gasteiger partial charge is 0.365 e. The molecular weight excluding hydrogens is 360 g/mol. The van der Waals surface area contributed by atoms with Crippen molar-refractivity contribution in [3.63, 3.8) is 0 Å². The second kappa shape index (κ2) is 6.42. The normalized spacial score (nSPS) is 17.7. The summed E-state index contributed by atoms with van der Waals surface area (Å²) in [6, 6.07) is 19.0. The van der Waals surface area contributed by atoms with E-state index >= 15 is 0 Å². The second-order valence-corrected chi connectivity index (χ2v) is 7.96. The summed E-state index contributed by atoms with van der Waals surface area (Å²) in [7, 11) is 0. The molecule has 0 amide bonds. The van der Waals surface area contributed by atoms with E-state index in [9.17, 15) is 0 Å². The Balaban J connectivity index is 1.25. The zero-order chi connectivity index (χ0) is 19.3. The van der Waals surface area contributed by atoms with Gasteiger partial charge in [-0.1, -0.05) is 36.4 Å². The Hall–Kier alpha value is -3.18. The van der Waals surface area contributed by atoms with Crippen LogP contribution in [0.5, 0.6) is 0 Å². The monoisotopic (exact) mass is 382 g/mol. The van der Waals surface area contributed by atoms with Gasteiger partial charge in [0.1, 0.15) is 0 Å². The third-order valence-corrected chi connectivity index (χ3v) is 6.35. The van der Waals surface area contributed by atoms with Crippen molar-refractivity contribution in [2.75, 3.05) is 18.0 Å². The first-order valence-corrected chi connectivity index (χ1v) is 10.2. The van der Waals surface area contributed by atoms with E-state index in [1.54, 1.807) is 6.20 Å². The van der Waals surface area contributed by atoms with Gasteiger partial charge >= 0.3 is 0 Å². The number of rotatable bonds is 2. The van der Waals surface area contributed by atoms with Crippen LogP contribution in [0.15, 0.2) is 67.0 Å². The van der Waals surface area contributed by atoms with Crippen molar-refractivity contribution in [2.45, 2.75) is 25.0 Å². The molecule has 0 unspecified atom stereocenters. The SMILES string of the molecule is c1cncc(-c2ccc3nc(N4CCC5(CC4)OCc4ccccc45)[nH]c3c2)c1. The van der Waals surface area contributed by atoms with E-state index in [1.165, 1.54) is 11.1 Å². The highest BCUT2D eigenvalue weighted by atomic mass is 16.5. The molecule has 5 heteroatoms. The molecule has 5 nitrogen and oxygen atoms in total. The first-order chi connectivity index (χ1) is 14.3. The number of ether oxygens (including phenoxy) is 1. The molecule has 0 radical (unpaired) electrons. The Bertz CT molecular complexity index is 1180. The smallest absolute Gasteiger partial charge is 0.203 e. The van der Waals surface area contributed by atoms with Crippen LogP contribution in [-0.2, 0) is 16.9 Å². The highest BCUT2D eigenvalue weighted by Gasteiger charge is 2.42. The number of piperidine rings is 1. The van der Waals surface area contributed by atoms with Gasteiger partial charge < -0.3 is 14.6 Å². The Morgan fingerprint density at radius 3 is 2.72 bits per heavy atom. The topological polar surface area (TPSA) is 54.0 Å². The predicted molar refractivity (Wildman–Crippen MR) is 114 cm³/mol. The highest BCUT2D eigenvalue weighted by Crippen LogP contribution is 2.44. The van der Waals surface area contributed by atoms with Crippen LogP contribution in [0.2, 0.25) is 0 Å². The fourth-order valence-corrected chi connectivity index (χ4v) is 4.74. The molecule has 0 atom stereocenters. The molecule has 2 aromatic heterocycles. The summed E-state index contributed by atoms with van der Waals surface area (Å²) in [6.07, 6.45) is 5.66. The number of hydrogen-bond donors (Lipinski definition) is 1. The van der Waals surface area contributed by atoms with Gasteiger partial charge in [0.05, 0.1) is 23.2 Å². The summed E-state index contributed by atoms with van der Waals surface area (Å²) >= 11 is 0. The van der Waals surface area contributed by atoms with E-state index in [0.717, 1.165) is 60.6 Å². The summed E-state index contributed by atoms with van der Waals surface area (Å²) in [5, 5.41) is 0. The number of fused-ring (bicyclic) bond motifs is 3. The van der Waals surface area contributed by atoms with Crippen LogP contribution in [0.4, 0.5) is 5.95 Å². The lowest BCUT2D eigenvalue weighted by Crippen LogP contribution is -2.43. The number of benzene rings is 2. The van der Waals surface area contributed by atoms with Crippen molar-refractivity contribution < 1.29 is 4.74 Å². The number of nitrogens with one attached hydrogen (secondary N) is 1. The lowest BCUT2D eigenvalue weighted by atomic mass is 9.84. The molecule has 0 bridgehead atoms. The predicted octanol–water partition coefficient (Wildman–Crippen LogP) is 4.65. The zero-order valence-corrected chi connectivity index (χ0v) is 16.1. The third kappa shape index (κ3) is 2.73. The van der Waals surface area contributed by atoms with Gasteiger partial charge in [-0.25, -0.2) is 4.98 Å². The van der Waals surface area contributed by atoms with Gasteiger partial charge in [0.2, 0.25) is 5.95 Å². The van der Waals surface area contributed by atoms with Gasteiger partial charge in [-0.15, -0.1) is 0 Å². The number of H-pyrrole nitrogens is 1. The molecule has 0 aliphatic carbocycles. The third-order valence-electron chi connectivity index (χ3n) is 6.35. The maximum Gasteiger partial charge on any atom is 0.203 e. The van der Waals surface area contributed by atoms with E-state index in [2.05, 4.69) is 63.4 Å². The maximum absolute atomic E-state index is 6.30. The number of anilines is 1. The summed E-state index contributed by atoms with van der Waals surface area (Å²) in [5.41, 5.74) is 6.92. The number of aromatic nitrogens is 3. The lowest BCUT2D eigenvalue weighted by Gasteiger charge is -2.39. The summed E-state index contributed by atoms with van der Waals surface area (Å²) in [4.78, 5) is 14.9. The summed E-state index contributed by atoms with van der Waals surface area (Å²) in [5.74, 6) is 0.949. The van der Waals surface area contributed by atoms with Crippen molar-refractivity contribution in [2.24, 2.45) is 0 Å². The van der Waals surface area contributed by atoms with Gasteiger partial charge in [-0.05, 0) is 47.7 Å². The van der Waals surface area contributed by atoms with Crippen LogP contribution in [0, 0.1) is 0 Å². The molecule has 2 aromatic carbocycles. The zero-order valence-electron chi connectivity index (χ0n) is 16.1.